The zero-order chi connectivity index (χ0) is 12.3. The van der Waals surface area contributed by atoms with Crippen molar-refractivity contribution in [3.05, 3.63) is 0 Å². The van der Waals surface area contributed by atoms with Crippen LogP contribution in [0.2, 0.25) is 0 Å². The number of rotatable bonds is 3. The molecule has 100 valence electrons. The highest BCUT2D eigenvalue weighted by molar-refractivity contribution is 7.85. The lowest BCUT2D eigenvalue weighted by Gasteiger charge is -2.37. The SMILES string of the molecule is CC(C)N1CCC(NC2CCS(=O)CC2)CC1. The molecule has 0 aliphatic carbocycles. The van der Waals surface area contributed by atoms with Crippen molar-refractivity contribution in [1.82, 2.24) is 10.2 Å². The summed E-state index contributed by atoms with van der Waals surface area (Å²) >= 11 is 0. The monoisotopic (exact) mass is 258 g/mol. The van der Waals surface area contributed by atoms with Gasteiger partial charge in [-0.3, -0.25) is 4.21 Å². The number of likely N-dealkylation sites (tertiary alicyclic amines) is 1. The zero-order valence-electron chi connectivity index (χ0n) is 11.2. The highest BCUT2D eigenvalue weighted by Gasteiger charge is 2.24. The fourth-order valence-electron chi connectivity index (χ4n) is 2.88. The Hall–Kier alpha value is 0.0700. The Labute approximate surface area is 108 Å². The average molecular weight is 258 g/mol. The van der Waals surface area contributed by atoms with Gasteiger partial charge in [0, 0.05) is 40.4 Å². The minimum Gasteiger partial charge on any atom is -0.311 e. The van der Waals surface area contributed by atoms with Gasteiger partial charge < -0.3 is 10.2 Å². The van der Waals surface area contributed by atoms with E-state index >= 15 is 0 Å². The molecule has 0 aromatic heterocycles. The zero-order valence-corrected chi connectivity index (χ0v) is 12.0. The van der Waals surface area contributed by atoms with Gasteiger partial charge in [0.1, 0.15) is 0 Å². The topological polar surface area (TPSA) is 32.3 Å². The third-order valence-corrected chi connectivity index (χ3v) is 5.50. The fourth-order valence-corrected chi connectivity index (χ4v) is 4.18. The van der Waals surface area contributed by atoms with Gasteiger partial charge in [-0.15, -0.1) is 0 Å². The molecule has 0 atom stereocenters. The number of hydrogen-bond acceptors (Lipinski definition) is 3. The summed E-state index contributed by atoms with van der Waals surface area (Å²) in [6, 6.07) is 2.01. The van der Waals surface area contributed by atoms with Gasteiger partial charge in [-0.1, -0.05) is 0 Å². The minimum atomic E-state index is -0.528. The molecule has 2 rings (SSSR count). The second kappa shape index (κ2) is 6.30. The van der Waals surface area contributed by atoms with Gasteiger partial charge in [-0.2, -0.15) is 0 Å². The number of piperidine rings is 1. The van der Waals surface area contributed by atoms with Crippen molar-refractivity contribution in [2.75, 3.05) is 24.6 Å². The summed E-state index contributed by atoms with van der Waals surface area (Å²) in [7, 11) is -0.528. The maximum Gasteiger partial charge on any atom is 0.0249 e. The van der Waals surface area contributed by atoms with Crippen molar-refractivity contribution in [2.24, 2.45) is 0 Å². The third kappa shape index (κ3) is 4.04. The van der Waals surface area contributed by atoms with Crippen LogP contribution in [0.15, 0.2) is 0 Å². The molecular weight excluding hydrogens is 232 g/mol. The lowest BCUT2D eigenvalue weighted by Crippen LogP contribution is -2.49. The second-order valence-electron chi connectivity index (χ2n) is 5.69. The van der Waals surface area contributed by atoms with E-state index < -0.39 is 10.8 Å². The van der Waals surface area contributed by atoms with Crippen LogP contribution in [0.3, 0.4) is 0 Å². The molecule has 2 fully saturated rings. The van der Waals surface area contributed by atoms with Gasteiger partial charge in [0.05, 0.1) is 0 Å². The van der Waals surface area contributed by atoms with Crippen molar-refractivity contribution in [3.8, 4) is 0 Å². The van der Waals surface area contributed by atoms with Crippen molar-refractivity contribution in [1.29, 1.82) is 0 Å². The molecule has 0 aromatic rings. The largest absolute Gasteiger partial charge is 0.311 e. The van der Waals surface area contributed by atoms with Crippen LogP contribution in [-0.4, -0.2) is 51.8 Å². The summed E-state index contributed by atoms with van der Waals surface area (Å²) in [6.45, 7) is 7.02. The third-order valence-electron chi connectivity index (χ3n) is 4.12. The molecule has 17 heavy (non-hydrogen) atoms. The van der Waals surface area contributed by atoms with Gasteiger partial charge in [0.25, 0.3) is 0 Å². The molecule has 1 N–H and O–H groups in total. The molecular formula is C13H26N2OS. The summed E-state index contributed by atoms with van der Waals surface area (Å²) < 4.78 is 11.3. The summed E-state index contributed by atoms with van der Waals surface area (Å²) in [5, 5.41) is 3.78. The highest BCUT2D eigenvalue weighted by Crippen LogP contribution is 2.16. The van der Waals surface area contributed by atoms with E-state index in [-0.39, 0.29) is 0 Å². The maximum absolute atomic E-state index is 11.3. The van der Waals surface area contributed by atoms with Crippen LogP contribution in [0.25, 0.3) is 0 Å². The van der Waals surface area contributed by atoms with Crippen LogP contribution >= 0.6 is 0 Å². The summed E-state index contributed by atoms with van der Waals surface area (Å²) in [4.78, 5) is 2.56. The normalized spacial score (nSPS) is 33.1. The van der Waals surface area contributed by atoms with Gasteiger partial charge in [-0.25, -0.2) is 0 Å². The van der Waals surface area contributed by atoms with Crippen LogP contribution in [-0.2, 0) is 10.8 Å². The van der Waals surface area contributed by atoms with Crippen LogP contribution in [0.5, 0.6) is 0 Å². The predicted molar refractivity (Wildman–Crippen MR) is 73.8 cm³/mol. The smallest absolute Gasteiger partial charge is 0.0249 e. The number of hydrogen-bond donors (Lipinski definition) is 1. The molecule has 0 radical (unpaired) electrons. The first-order valence-electron chi connectivity index (χ1n) is 7.00. The summed E-state index contributed by atoms with van der Waals surface area (Å²) in [5.41, 5.74) is 0. The van der Waals surface area contributed by atoms with Crippen LogP contribution in [0.4, 0.5) is 0 Å². The van der Waals surface area contributed by atoms with Crippen molar-refractivity contribution in [2.45, 2.75) is 57.7 Å². The molecule has 2 saturated heterocycles. The Balaban J connectivity index is 1.69. The first-order chi connectivity index (χ1) is 8.15. The van der Waals surface area contributed by atoms with E-state index in [1.807, 2.05) is 0 Å². The standard InChI is InChI=1S/C13H26N2OS/c1-11(2)15-7-3-12(4-8-15)14-13-5-9-17(16)10-6-13/h11-14H,3-10H2,1-2H3. The van der Waals surface area contributed by atoms with Crippen molar-refractivity contribution in [3.63, 3.8) is 0 Å². The number of nitrogens with one attached hydrogen (secondary N) is 1. The van der Waals surface area contributed by atoms with Crippen LogP contribution < -0.4 is 5.32 Å². The highest BCUT2D eigenvalue weighted by atomic mass is 32.2. The molecule has 2 heterocycles. The maximum atomic E-state index is 11.3. The van der Waals surface area contributed by atoms with E-state index in [0.717, 1.165) is 24.3 Å². The van der Waals surface area contributed by atoms with E-state index in [1.165, 1.54) is 25.9 Å². The van der Waals surface area contributed by atoms with Gasteiger partial charge >= 0.3 is 0 Å². The molecule has 3 nitrogen and oxygen atoms in total. The molecule has 4 heteroatoms. The molecule has 0 saturated carbocycles. The predicted octanol–water partition coefficient (Wildman–Crippen LogP) is 1.36. The molecule has 0 bridgehead atoms. The van der Waals surface area contributed by atoms with Gasteiger partial charge in [-0.05, 0) is 52.6 Å². The quantitative estimate of drug-likeness (QED) is 0.829. The fraction of sp³-hybridized carbons (Fsp3) is 1.00. The van der Waals surface area contributed by atoms with Crippen LogP contribution in [0.1, 0.15) is 39.5 Å². The molecule has 2 aliphatic heterocycles. The van der Waals surface area contributed by atoms with Crippen LogP contribution in [0, 0.1) is 0 Å². The Morgan fingerprint density at radius 3 is 2.12 bits per heavy atom. The van der Waals surface area contributed by atoms with Gasteiger partial charge in [0.2, 0.25) is 0 Å². The Bertz CT molecular complexity index is 252. The molecule has 0 spiro atoms. The molecule has 0 amide bonds. The first kappa shape index (κ1) is 13.5. The van der Waals surface area contributed by atoms with E-state index in [9.17, 15) is 4.21 Å². The van der Waals surface area contributed by atoms with Gasteiger partial charge in [0.15, 0.2) is 0 Å². The molecule has 0 unspecified atom stereocenters. The van der Waals surface area contributed by atoms with E-state index in [2.05, 4.69) is 24.1 Å². The lowest BCUT2D eigenvalue weighted by atomic mass is 10.0. The molecule has 2 aliphatic rings. The second-order valence-corrected chi connectivity index (χ2v) is 7.39. The Kier molecular flexibility index (Phi) is 5.00. The molecule has 0 aromatic carbocycles. The minimum absolute atomic E-state index is 0.528. The summed E-state index contributed by atoms with van der Waals surface area (Å²) in [5.74, 6) is 1.81. The average Bonchev–Trinajstić information content (AvgIpc) is 2.33. The van der Waals surface area contributed by atoms with E-state index in [4.69, 9.17) is 0 Å². The Morgan fingerprint density at radius 2 is 1.59 bits per heavy atom. The van der Waals surface area contributed by atoms with Crippen molar-refractivity contribution < 1.29 is 4.21 Å². The van der Waals surface area contributed by atoms with E-state index in [0.29, 0.717) is 18.1 Å². The summed E-state index contributed by atoms with van der Waals surface area (Å²) in [6.07, 6.45) is 4.77. The number of nitrogens with zero attached hydrogens (tertiary/aromatic N) is 1. The first-order valence-corrected chi connectivity index (χ1v) is 8.49. The van der Waals surface area contributed by atoms with Crippen molar-refractivity contribution >= 4 is 10.8 Å². The lowest BCUT2D eigenvalue weighted by molar-refractivity contribution is 0.155. The Morgan fingerprint density at radius 1 is 1.06 bits per heavy atom. The van der Waals surface area contributed by atoms with E-state index in [1.54, 1.807) is 0 Å².